The van der Waals surface area contributed by atoms with Crippen molar-refractivity contribution < 1.29 is 24.2 Å². The number of carboxylic acids is 1. The van der Waals surface area contributed by atoms with Gasteiger partial charge in [0, 0.05) is 18.4 Å². The van der Waals surface area contributed by atoms with E-state index in [9.17, 15) is 19.5 Å². The highest BCUT2D eigenvalue weighted by Gasteiger charge is 2.43. The molecule has 2 unspecified atom stereocenters. The molecule has 0 aromatic heterocycles. The molecule has 7 heteroatoms. The summed E-state index contributed by atoms with van der Waals surface area (Å²) in [6, 6.07) is 21.3. The zero-order chi connectivity index (χ0) is 24.5. The molecule has 35 heavy (non-hydrogen) atoms. The van der Waals surface area contributed by atoms with E-state index in [2.05, 4.69) is 34.9 Å². The highest BCUT2D eigenvalue weighted by molar-refractivity contribution is 6.02. The molecule has 0 spiro atoms. The van der Waals surface area contributed by atoms with Crippen molar-refractivity contribution in [1.82, 2.24) is 5.32 Å². The summed E-state index contributed by atoms with van der Waals surface area (Å²) in [6.45, 7) is 2.26. The minimum atomic E-state index is -1.08. The van der Waals surface area contributed by atoms with Gasteiger partial charge in [0.15, 0.2) is 0 Å². The number of carbonyl (C=O) groups is 3. The zero-order valence-electron chi connectivity index (χ0n) is 19.3. The molecule has 0 heterocycles. The van der Waals surface area contributed by atoms with Crippen LogP contribution in [0.5, 0.6) is 0 Å². The van der Waals surface area contributed by atoms with Crippen LogP contribution in [-0.4, -0.2) is 36.2 Å². The molecule has 0 aliphatic heterocycles. The summed E-state index contributed by atoms with van der Waals surface area (Å²) >= 11 is 0. The molecule has 2 aliphatic carbocycles. The van der Waals surface area contributed by atoms with Crippen LogP contribution >= 0.6 is 0 Å². The van der Waals surface area contributed by atoms with Gasteiger partial charge in [-0.1, -0.05) is 60.7 Å². The van der Waals surface area contributed by atoms with E-state index in [1.54, 1.807) is 25.1 Å². The minimum Gasteiger partial charge on any atom is -0.478 e. The maximum Gasteiger partial charge on any atom is 0.407 e. The molecule has 1 saturated carbocycles. The van der Waals surface area contributed by atoms with Gasteiger partial charge in [-0.25, -0.2) is 9.59 Å². The van der Waals surface area contributed by atoms with Crippen LogP contribution in [-0.2, 0) is 9.53 Å². The zero-order valence-corrected chi connectivity index (χ0v) is 19.3. The Balaban J connectivity index is 1.12. The van der Waals surface area contributed by atoms with Crippen LogP contribution in [0.15, 0.2) is 66.7 Å². The van der Waals surface area contributed by atoms with E-state index in [-0.39, 0.29) is 41.5 Å². The number of carboxylic acid groups (broad SMARTS) is 1. The normalized spacial score (nSPS) is 17.7. The predicted molar refractivity (Wildman–Crippen MR) is 131 cm³/mol. The Kier molecular flexibility index (Phi) is 5.99. The van der Waals surface area contributed by atoms with Crippen LogP contribution in [0.3, 0.4) is 0 Å². The topological polar surface area (TPSA) is 105 Å². The lowest BCUT2D eigenvalue weighted by atomic mass is 9.98. The first-order valence-corrected chi connectivity index (χ1v) is 11.7. The summed E-state index contributed by atoms with van der Waals surface area (Å²) in [6.07, 6.45) is 0.119. The highest BCUT2D eigenvalue weighted by Crippen LogP contribution is 2.44. The molecule has 3 aromatic carbocycles. The molecule has 1 fully saturated rings. The fraction of sp³-hybridized carbons (Fsp3) is 0.250. The van der Waals surface area contributed by atoms with Crippen LogP contribution in [0.1, 0.15) is 39.4 Å². The number of ether oxygens (including phenoxy) is 1. The van der Waals surface area contributed by atoms with Gasteiger partial charge >= 0.3 is 12.1 Å². The number of anilines is 1. The first kappa shape index (κ1) is 22.7. The number of alkyl carbamates (subject to hydrolysis) is 1. The number of carbonyl (C=O) groups excluding carboxylic acids is 2. The van der Waals surface area contributed by atoms with Gasteiger partial charge in [-0.15, -0.1) is 0 Å². The van der Waals surface area contributed by atoms with Gasteiger partial charge in [-0.05, 0) is 53.1 Å². The van der Waals surface area contributed by atoms with Crippen molar-refractivity contribution in [2.75, 3.05) is 18.5 Å². The van der Waals surface area contributed by atoms with E-state index >= 15 is 0 Å². The lowest BCUT2D eigenvalue weighted by molar-refractivity contribution is -0.117. The summed E-state index contributed by atoms with van der Waals surface area (Å²) < 4.78 is 5.55. The fourth-order valence-electron chi connectivity index (χ4n) is 4.94. The summed E-state index contributed by atoms with van der Waals surface area (Å²) in [4.78, 5) is 36.5. The first-order chi connectivity index (χ1) is 16.9. The van der Waals surface area contributed by atoms with E-state index in [0.29, 0.717) is 18.5 Å². The van der Waals surface area contributed by atoms with Gasteiger partial charge in [0.2, 0.25) is 5.91 Å². The van der Waals surface area contributed by atoms with Crippen LogP contribution in [0.2, 0.25) is 0 Å². The Hall–Kier alpha value is -4.13. The second kappa shape index (κ2) is 9.25. The molecule has 2 amide bonds. The number of aromatic carboxylic acids is 1. The maximum absolute atomic E-state index is 12.6. The highest BCUT2D eigenvalue weighted by atomic mass is 16.5. The predicted octanol–water partition coefficient (Wildman–Crippen LogP) is 4.81. The number of nitrogens with one attached hydrogen (secondary N) is 2. The Morgan fingerprint density at radius 1 is 0.943 bits per heavy atom. The fourth-order valence-corrected chi connectivity index (χ4v) is 4.94. The van der Waals surface area contributed by atoms with E-state index in [0.717, 1.165) is 11.1 Å². The SMILES string of the molecule is Cc1cccc(NC(=O)C2CC2CNC(=O)OCC2c3ccccc3-c3ccccc32)c1C(=O)O. The third-order valence-electron chi connectivity index (χ3n) is 6.86. The van der Waals surface area contributed by atoms with Crippen LogP contribution in [0.25, 0.3) is 11.1 Å². The Bertz CT molecular complexity index is 1270. The lowest BCUT2D eigenvalue weighted by Gasteiger charge is -2.14. The van der Waals surface area contributed by atoms with Crippen molar-refractivity contribution in [3.05, 3.63) is 89.0 Å². The van der Waals surface area contributed by atoms with Gasteiger partial charge in [0.05, 0.1) is 11.3 Å². The Morgan fingerprint density at radius 2 is 1.60 bits per heavy atom. The molecule has 178 valence electrons. The van der Waals surface area contributed by atoms with Crippen molar-refractivity contribution >= 4 is 23.7 Å². The van der Waals surface area contributed by atoms with Crippen molar-refractivity contribution in [2.24, 2.45) is 11.8 Å². The monoisotopic (exact) mass is 470 g/mol. The summed E-state index contributed by atoms with van der Waals surface area (Å²) in [5.41, 5.74) is 5.61. The van der Waals surface area contributed by atoms with E-state index in [1.807, 2.05) is 24.3 Å². The molecule has 3 N–H and O–H groups in total. The van der Waals surface area contributed by atoms with Crippen molar-refractivity contribution in [2.45, 2.75) is 19.3 Å². The van der Waals surface area contributed by atoms with E-state index < -0.39 is 12.1 Å². The summed E-state index contributed by atoms with van der Waals surface area (Å²) in [5.74, 6) is -1.61. The quantitative estimate of drug-likeness (QED) is 0.460. The first-order valence-electron chi connectivity index (χ1n) is 11.7. The smallest absolute Gasteiger partial charge is 0.407 e. The second-order valence-corrected chi connectivity index (χ2v) is 9.10. The summed E-state index contributed by atoms with van der Waals surface area (Å²) in [5, 5.41) is 14.9. The van der Waals surface area contributed by atoms with Gasteiger partial charge in [-0.2, -0.15) is 0 Å². The van der Waals surface area contributed by atoms with Gasteiger partial charge in [0.1, 0.15) is 6.61 Å². The third kappa shape index (κ3) is 4.49. The standard InChI is InChI=1S/C28H26N2O5/c1-16-7-6-12-24(25(16)27(32)33)30-26(31)22-13-17(22)14-29-28(34)35-15-23-20-10-4-2-8-18(20)19-9-3-5-11-21(19)23/h2-12,17,22-23H,13-15H2,1H3,(H,29,34)(H,30,31)(H,32,33). The molecule has 0 saturated heterocycles. The number of amides is 2. The van der Waals surface area contributed by atoms with E-state index in [4.69, 9.17) is 4.74 Å². The molecule has 5 rings (SSSR count). The van der Waals surface area contributed by atoms with Gasteiger partial charge < -0.3 is 20.5 Å². The number of aryl methyl sites for hydroxylation is 1. The molecule has 7 nitrogen and oxygen atoms in total. The molecule has 2 aliphatic rings. The molecule has 3 aromatic rings. The molecule has 0 bridgehead atoms. The Labute approximate surface area is 203 Å². The van der Waals surface area contributed by atoms with Crippen molar-refractivity contribution in [3.8, 4) is 11.1 Å². The average Bonchev–Trinajstić information content (AvgIpc) is 3.56. The summed E-state index contributed by atoms with van der Waals surface area (Å²) in [7, 11) is 0. The molecule has 2 atom stereocenters. The lowest BCUT2D eigenvalue weighted by Crippen LogP contribution is -2.29. The van der Waals surface area contributed by atoms with E-state index in [1.165, 1.54) is 11.1 Å². The van der Waals surface area contributed by atoms with Crippen LogP contribution in [0, 0.1) is 18.8 Å². The molecular formula is C28H26N2O5. The maximum atomic E-state index is 12.6. The number of rotatable bonds is 7. The molecule has 0 radical (unpaired) electrons. The largest absolute Gasteiger partial charge is 0.478 e. The van der Waals surface area contributed by atoms with Crippen LogP contribution in [0.4, 0.5) is 10.5 Å². The van der Waals surface area contributed by atoms with Crippen LogP contribution < -0.4 is 10.6 Å². The molecular weight excluding hydrogens is 444 g/mol. The number of benzene rings is 3. The van der Waals surface area contributed by atoms with Gasteiger partial charge in [0.25, 0.3) is 0 Å². The second-order valence-electron chi connectivity index (χ2n) is 9.10. The minimum absolute atomic E-state index is 0.00595. The van der Waals surface area contributed by atoms with Crippen molar-refractivity contribution in [1.29, 1.82) is 0 Å². The number of hydrogen-bond acceptors (Lipinski definition) is 4. The van der Waals surface area contributed by atoms with Gasteiger partial charge in [-0.3, -0.25) is 4.79 Å². The average molecular weight is 471 g/mol. The third-order valence-corrected chi connectivity index (χ3v) is 6.86. The Morgan fingerprint density at radius 3 is 2.26 bits per heavy atom. The van der Waals surface area contributed by atoms with Crippen molar-refractivity contribution in [3.63, 3.8) is 0 Å². The number of hydrogen-bond donors (Lipinski definition) is 3. The number of fused-ring (bicyclic) bond motifs is 3.